The fourth-order valence-corrected chi connectivity index (χ4v) is 2.09. The number of thiocarbonyl (C=S) groups is 1. The van der Waals surface area contributed by atoms with Crippen LogP contribution in [-0.4, -0.2) is 43.0 Å². The number of carbonyl (C=O) groups excluding carboxylic acids is 1. The molecule has 1 unspecified atom stereocenters. The summed E-state index contributed by atoms with van der Waals surface area (Å²) in [6, 6.07) is 9.79. The smallest absolute Gasteiger partial charge is 0.230 e. The van der Waals surface area contributed by atoms with Crippen LogP contribution in [0.5, 0.6) is 0 Å². The maximum Gasteiger partial charge on any atom is 0.230 e. The zero-order valence-electron chi connectivity index (χ0n) is 12.1. The Morgan fingerprint density at radius 3 is 2.55 bits per heavy atom. The number of nitrogens with one attached hydrogen (secondary N) is 1. The lowest BCUT2D eigenvalue weighted by molar-refractivity contribution is -0.122. The lowest BCUT2D eigenvalue weighted by Crippen LogP contribution is -2.40. The van der Waals surface area contributed by atoms with Gasteiger partial charge < -0.3 is 16.0 Å². The van der Waals surface area contributed by atoms with Crippen molar-refractivity contribution in [1.82, 2.24) is 10.2 Å². The van der Waals surface area contributed by atoms with Gasteiger partial charge in [-0.25, -0.2) is 0 Å². The van der Waals surface area contributed by atoms with Crippen LogP contribution in [0.4, 0.5) is 0 Å². The second-order valence-corrected chi connectivity index (χ2v) is 5.56. The molecule has 1 rings (SSSR count). The van der Waals surface area contributed by atoms with Crippen molar-refractivity contribution in [3.63, 3.8) is 0 Å². The number of rotatable bonds is 8. The molecule has 0 bridgehead atoms. The minimum Gasteiger partial charge on any atom is -0.393 e. The number of hydrogen-bond donors (Lipinski definition) is 2. The first kappa shape index (κ1) is 16.6. The molecule has 1 aromatic carbocycles. The molecule has 4 nitrogen and oxygen atoms in total. The normalized spacial score (nSPS) is 12.2. The predicted molar refractivity (Wildman–Crippen MR) is 86.6 cm³/mol. The topological polar surface area (TPSA) is 58.4 Å². The summed E-state index contributed by atoms with van der Waals surface area (Å²) in [5.41, 5.74) is 6.76. The molecule has 1 amide bonds. The van der Waals surface area contributed by atoms with E-state index in [0.29, 0.717) is 13.0 Å². The number of benzene rings is 1. The van der Waals surface area contributed by atoms with E-state index in [-0.39, 0.29) is 10.9 Å². The van der Waals surface area contributed by atoms with Gasteiger partial charge in [-0.3, -0.25) is 4.79 Å². The summed E-state index contributed by atoms with van der Waals surface area (Å²) in [4.78, 5) is 14.5. The van der Waals surface area contributed by atoms with E-state index in [1.165, 1.54) is 0 Å². The Hall–Kier alpha value is -1.46. The standard InChI is InChI=1S/C15H23N3OS/c1-18(2)10-6-9-17-15(19)13(14(16)20)11-12-7-4-3-5-8-12/h3-5,7-8,13H,6,9-11H2,1-2H3,(H2,16,20)(H,17,19). The number of carbonyl (C=O) groups is 1. The van der Waals surface area contributed by atoms with Crippen molar-refractivity contribution in [1.29, 1.82) is 0 Å². The minimum atomic E-state index is -0.438. The van der Waals surface area contributed by atoms with Crippen LogP contribution >= 0.6 is 12.2 Å². The van der Waals surface area contributed by atoms with Crippen molar-refractivity contribution < 1.29 is 4.79 Å². The van der Waals surface area contributed by atoms with Crippen molar-refractivity contribution in [2.45, 2.75) is 12.8 Å². The van der Waals surface area contributed by atoms with E-state index in [1.807, 2.05) is 44.4 Å². The Kier molecular flexibility index (Phi) is 7.18. The van der Waals surface area contributed by atoms with E-state index < -0.39 is 5.92 Å². The van der Waals surface area contributed by atoms with Crippen LogP contribution in [0, 0.1) is 5.92 Å². The van der Waals surface area contributed by atoms with E-state index >= 15 is 0 Å². The van der Waals surface area contributed by atoms with Gasteiger partial charge in [0.05, 0.1) is 10.9 Å². The van der Waals surface area contributed by atoms with Gasteiger partial charge in [0.25, 0.3) is 0 Å². The first-order valence-corrected chi connectivity index (χ1v) is 7.17. The van der Waals surface area contributed by atoms with Crippen LogP contribution in [0.1, 0.15) is 12.0 Å². The molecule has 0 saturated carbocycles. The quantitative estimate of drug-likeness (QED) is 0.558. The van der Waals surface area contributed by atoms with Crippen LogP contribution < -0.4 is 11.1 Å². The molecule has 1 aromatic rings. The lowest BCUT2D eigenvalue weighted by Gasteiger charge is -2.16. The van der Waals surface area contributed by atoms with E-state index in [2.05, 4.69) is 10.2 Å². The Morgan fingerprint density at radius 1 is 1.35 bits per heavy atom. The minimum absolute atomic E-state index is 0.0832. The summed E-state index contributed by atoms with van der Waals surface area (Å²) in [6.07, 6.45) is 1.46. The van der Waals surface area contributed by atoms with E-state index in [0.717, 1.165) is 18.5 Å². The molecular weight excluding hydrogens is 270 g/mol. The summed E-state index contributed by atoms with van der Waals surface area (Å²) in [5, 5.41) is 2.91. The van der Waals surface area contributed by atoms with Gasteiger partial charge in [-0.15, -0.1) is 0 Å². The second-order valence-electron chi connectivity index (χ2n) is 5.09. The van der Waals surface area contributed by atoms with Gasteiger partial charge >= 0.3 is 0 Å². The molecule has 0 radical (unpaired) electrons. The average molecular weight is 293 g/mol. The molecule has 0 aromatic heterocycles. The third kappa shape index (κ3) is 6.12. The highest BCUT2D eigenvalue weighted by Crippen LogP contribution is 2.09. The average Bonchev–Trinajstić information content (AvgIpc) is 2.41. The van der Waals surface area contributed by atoms with Gasteiger partial charge in [0.2, 0.25) is 5.91 Å². The van der Waals surface area contributed by atoms with Gasteiger partial charge in [0.1, 0.15) is 0 Å². The van der Waals surface area contributed by atoms with Crippen molar-refractivity contribution in [2.24, 2.45) is 11.7 Å². The SMILES string of the molecule is CN(C)CCCNC(=O)C(Cc1ccccc1)C(N)=S. The predicted octanol–water partition coefficient (Wildman–Crippen LogP) is 1.20. The Bertz CT molecular complexity index is 434. The summed E-state index contributed by atoms with van der Waals surface area (Å²) in [7, 11) is 4.02. The first-order valence-electron chi connectivity index (χ1n) is 6.76. The molecule has 3 N–H and O–H groups in total. The summed E-state index contributed by atoms with van der Waals surface area (Å²) >= 11 is 5.02. The van der Waals surface area contributed by atoms with Crippen molar-refractivity contribution in [3.05, 3.63) is 35.9 Å². The Morgan fingerprint density at radius 2 is 2.00 bits per heavy atom. The zero-order chi connectivity index (χ0) is 15.0. The zero-order valence-corrected chi connectivity index (χ0v) is 13.0. The van der Waals surface area contributed by atoms with Crippen LogP contribution in [0.2, 0.25) is 0 Å². The molecule has 0 aliphatic heterocycles. The highest BCUT2D eigenvalue weighted by molar-refractivity contribution is 7.80. The summed E-state index contributed by atoms with van der Waals surface area (Å²) in [6.45, 7) is 1.58. The fraction of sp³-hybridized carbons (Fsp3) is 0.467. The molecule has 0 spiro atoms. The molecule has 0 aliphatic rings. The molecular formula is C15H23N3OS. The van der Waals surface area contributed by atoms with Gasteiger partial charge in [-0.1, -0.05) is 42.5 Å². The molecule has 0 fully saturated rings. The summed E-state index contributed by atoms with van der Waals surface area (Å²) in [5.74, 6) is -0.521. The largest absolute Gasteiger partial charge is 0.393 e. The number of nitrogens with zero attached hydrogens (tertiary/aromatic N) is 1. The number of amides is 1. The number of hydrogen-bond acceptors (Lipinski definition) is 3. The number of nitrogens with two attached hydrogens (primary N) is 1. The maximum atomic E-state index is 12.1. The highest BCUT2D eigenvalue weighted by atomic mass is 32.1. The van der Waals surface area contributed by atoms with Gasteiger partial charge in [-0.05, 0) is 39.0 Å². The van der Waals surface area contributed by atoms with E-state index in [1.54, 1.807) is 0 Å². The maximum absolute atomic E-state index is 12.1. The third-order valence-electron chi connectivity index (χ3n) is 3.02. The lowest BCUT2D eigenvalue weighted by atomic mass is 9.98. The van der Waals surface area contributed by atoms with Crippen LogP contribution in [0.25, 0.3) is 0 Å². The van der Waals surface area contributed by atoms with Crippen LogP contribution in [0.3, 0.4) is 0 Å². The van der Waals surface area contributed by atoms with Crippen LogP contribution in [0.15, 0.2) is 30.3 Å². The molecule has 110 valence electrons. The Balaban J connectivity index is 2.49. The molecule has 5 heteroatoms. The highest BCUT2D eigenvalue weighted by Gasteiger charge is 2.21. The van der Waals surface area contributed by atoms with Crippen molar-refractivity contribution in [3.8, 4) is 0 Å². The van der Waals surface area contributed by atoms with Crippen molar-refractivity contribution >= 4 is 23.1 Å². The molecule has 0 aliphatic carbocycles. The van der Waals surface area contributed by atoms with E-state index in [4.69, 9.17) is 18.0 Å². The Labute approximate surface area is 126 Å². The third-order valence-corrected chi connectivity index (χ3v) is 3.31. The monoisotopic (exact) mass is 293 g/mol. The fourth-order valence-electron chi connectivity index (χ4n) is 1.90. The first-order chi connectivity index (χ1) is 9.50. The molecule has 20 heavy (non-hydrogen) atoms. The van der Waals surface area contributed by atoms with Gasteiger partial charge in [-0.2, -0.15) is 0 Å². The molecule has 0 heterocycles. The molecule has 0 saturated heterocycles. The second kappa shape index (κ2) is 8.66. The molecule has 1 atom stereocenters. The summed E-state index contributed by atoms with van der Waals surface area (Å²) < 4.78 is 0. The van der Waals surface area contributed by atoms with Gasteiger partial charge in [0, 0.05) is 6.54 Å². The van der Waals surface area contributed by atoms with Crippen LogP contribution in [-0.2, 0) is 11.2 Å². The van der Waals surface area contributed by atoms with E-state index in [9.17, 15) is 4.79 Å². The van der Waals surface area contributed by atoms with Crippen molar-refractivity contribution in [2.75, 3.05) is 27.2 Å². The van der Waals surface area contributed by atoms with Gasteiger partial charge in [0.15, 0.2) is 0 Å².